The summed E-state index contributed by atoms with van der Waals surface area (Å²) in [6.07, 6.45) is 0.237. The van der Waals surface area contributed by atoms with Gasteiger partial charge in [0.25, 0.3) is 0 Å². The molecule has 0 radical (unpaired) electrons. The molecule has 0 bridgehead atoms. The van der Waals surface area contributed by atoms with Gasteiger partial charge in [0, 0.05) is 24.2 Å². The number of rotatable bonds is 5. The molecule has 0 aliphatic heterocycles. The second-order valence-electron chi connectivity index (χ2n) is 4.50. The lowest BCUT2D eigenvalue weighted by molar-refractivity contribution is -0.116. The molecule has 4 heteroatoms. The second kappa shape index (κ2) is 6.73. The minimum absolute atomic E-state index is 0.116. The third-order valence-corrected chi connectivity index (χ3v) is 2.99. The maximum atomic E-state index is 12.0. The van der Waals surface area contributed by atoms with Crippen LogP contribution in [0.25, 0.3) is 0 Å². The van der Waals surface area contributed by atoms with Gasteiger partial charge in [-0.15, -0.1) is 0 Å². The molecule has 0 aromatic heterocycles. The van der Waals surface area contributed by atoms with Gasteiger partial charge in [0.15, 0.2) is 0 Å². The molecule has 2 rings (SSSR count). The minimum atomic E-state index is -0.304. The standard InChI is InChI=1S/C16H18N2O2/c1-20-14-9-5-8-13(10-14)18-16(19)11-15(17)12-6-3-2-4-7-12/h2-10,15H,11,17H2,1H3,(H,18,19). The molecule has 1 atom stereocenters. The highest BCUT2D eigenvalue weighted by atomic mass is 16.5. The first-order valence-electron chi connectivity index (χ1n) is 6.43. The van der Waals surface area contributed by atoms with E-state index in [0.717, 1.165) is 5.56 Å². The Balaban J connectivity index is 1.95. The Morgan fingerprint density at radius 1 is 1.20 bits per heavy atom. The van der Waals surface area contributed by atoms with Crippen molar-refractivity contribution < 1.29 is 9.53 Å². The molecule has 20 heavy (non-hydrogen) atoms. The monoisotopic (exact) mass is 270 g/mol. The number of carbonyl (C=O) groups is 1. The number of amides is 1. The molecule has 0 aliphatic carbocycles. The van der Waals surface area contributed by atoms with Crippen LogP contribution in [0.5, 0.6) is 5.75 Å². The van der Waals surface area contributed by atoms with Crippen molar-refractivity contribution in [3.63, 3.8) is 0 Å². The van der Waals surface area contributed by atoms with Crippen molar-refractivity contribution in [3.8, 4) is 5.75 Å². The van der Waals surface area contributed by atoms with E-state index >= 15 is 0 Å². The van der Waals surface area contributed by atoms with Crippen LogP contribution in [0.2, 0.25) is 0 Å². The predicted octanol–water partition coefficient (Wildman–Crippen LogP) is 2.72. The van der Waals surface area contributed by atoms with Crippen LogP contribution >= 0.6 is 0 Å². The summed E-state index contributed by atoms with van der Waals surface area (Å²) in [4.78, 5) is 12.0. The average molecular weight is 270 g/mol. The van der Waals surface area contributed by atoms with Crippen LogP contribution < -0.4 is 15.8 Å². The Morgan fingerprint density at radius 3 is 2.65 bits per heavy atom. The summed E-state index contributed by atoms with van der Waals surface area (Å²) in [6.45, 7) is 0. The first-order valence-corrected chi connectivity index (χ1v) is 6.43. The number of carbonyl (C=O) groups excluding carboxylic acids is 1. The molecule has 0 aliphatic rings. The lowest BCUT2D eigenvalue weighted by Crippen LogP contribution is -2.20. The first-order chi connectivity index (χ1) is 9.69. The first kappa shape index (κ1) is 14.1. The van der Waals surface area contributed by atoms with Crippen molar-refractivity contribution in [1.82, 2.24) is 0 Å². The number of methoxy groups -OCH3 is 1. The number of hydrogen-bond donors (Lipinski definition) is 2. The highest BCUT2D eigenvalue weighted by Crippen LogP contribution is 2.18. The van der Waals surface area contributed by atoms with Crippen LogP contribution in [0.1, 0.15) is 18.0 Å². The van der Waals surface area contributed by atoms with Gasteiger partial charge in [-0.25, -0.2) is 0 Å². The van der Waals surface area contributed by atoms with Gasteiger partial charge in [-0.2, -0.15) is 0 Å². The molecule has 0 fully saturated rings. The van der Waals surface area contributed by atoms with E-state index in [4.69, 9.17) is 10.5 Å². The number of ether oxygens (including phenoxy) is 1. The number of nitrogens with two attached hydrogens (primary N) is 1. The van der Waals surface area contributed by atoms with E-state index in [1.807, 2.05) is 48.5 Å². The van der Waals surface area contributed by atoms with Gasteiger partial charge in [0.05, 0.1) is 7.11 Å². The van der Waals surface area contributed by atoms with Crippen molar-refractivity contribution in [3.05, 3.63) is 60.2 Å². The third kappa shape index (κ3) is 3.83. The van der Waals surface area contributed by atoms with E-state index in [-0.39, 0.29) is 18.4 Å². The number of nitrogens with one attached hydrogen (secondary N) is 1. The molecular weight excluding hydrogens is 252 g/mol. The molecule has 4 nitrogen and oxygen atoms in total. The average Bonchev–Trinajstić information content (AvgIpc) is 2.48. The topological polar surface area (TPSA) is 64.3 Å². The normalized spacial score (nSPS) is 11.7. The molecule has 0 saturated heterocycles. The summed E-state index contributed by atoms with van der Waals surface area (Å²) in [5.41, 5.74) is 7.68. The van der Waals surface area contributed by atoms with E-state index in [9.17, 15) is 4.79 Å². The van der Waals surface area contributed by atoms with E-state index < -0.39 is 0 Å². The lowest BCUT2D eigenvalue weighted by Gasteiger charge is -2.12. The summed E-state index contributed by atoms with van der Waals surface area (Å²) >= 11 is 0. The summed E-state index contributed by atoms with van der Waals surface area (Å²) in [6, 6.07) is 16.5. The molecular formula is C16H18N2O2. The summed E-state index contributed by atoms with van der Waals surface area (Å²) in [5.74, 6) is 0.588. The molecule has 0 heterocycles. The lowest BCUT2D eigenvalue weighted by atomic mass is 10.0. The van der Waals surface area contributed by atoms with Crippen molar-refractivity contribution >= 4 is 11.6 Å². The Kier molecular flexibility index (Phi) is 4.74. The van der Waals surface area contributed by atoms with Crippen LogP contribution in [-0.2, 0) is 4.79 Å². The minimum Gasteiger partial charge on any atom is -0.497 e. The smallest absolute Gasteiger partial charge is 0.226 e. The van der Waals surface area contributed by atoms with Gasteiger partial charge >= 0.3 is 0 Å². The largest absolute Gasteiger partial charge is 0.497 e. The van der Waals surface area contributed by atoms with Crippen LogP contribution in [0.3, 0.4) is 0 Å². The molecule has 3 N–H and O–H groups in total. The van der Waals surface area contributed by atoms with E-state index in [1.54, 1.807) is 13.2 Å². The maximum absolute atomic E-state index is 12.0. The fraction of sp³-hybridized carbons (Fsp3) is 0.188. The van der Waals surface area contributed by atoms with Gasteiger partial charge in [0.2, 0.25) is 5.91 Å². The molecule has 2 aromatic rings. The Labute approximate surface area is 118 Å². The molecule has 1 amide bonds. The maximum Gasteiger partial charge on any atom is 0.226 e. The molecule has 0 spiro atoms. The van der Waals surface area contributed by atoms with E-state index in [0.29, 0.717) is 11.4 Å². The number of benzene rings is 2. The highest BCUT2D eigenvalue weighted by molar-refractivity contribution is 5.91. The zero-order valence-electron chi connectivity index (χ0n) is 11.4. The van der Waals surface area contributed by atoms with E-state index in [2.05, 4.69) is 5.32 Å². The van der Waals surface area contributed by atoms with Crippen molar-refractivity contribution in [2.75, 3.05) is 12.4 Å². The zero-order chi connectivity index (χ0) is 14.4. The predicted molar refractivity (Wildman–Crippen MR) is 79.6 cm³/mol. The van der Waals surface area contributed by atoms with Crippen molar-refractivity contribution in [1.29, 1.82) is 0 Å². The van der Waals surface area contributed by atoms with Gasteiger partial charge in [0.1, 0.15) is 5.75 Å². The third-order valence-electron chi connectivity index (χ3n) is 2.99. The van der Waals surface area contributed by atoms with Gasteiger partial charge < -0.3 is 15.8 Å². The second-order valence-corrected chi connectivity index (χ2v) is 4.50. The molecule has 104 valence electrons. The summed E-state index contributed by atoms with van der Waals surface area (Å²) in [7, 11) is 1.59. The fourth-order valence-electron chi connectivity index (χ4n) is 1.93. The van der Waals surface area contributed by atoms with Crippen molar-refractivity contribution in [2.24, 2.45) is 5.73 Å². The zero-order valence-corrected chi connectivity index (χ0v) is 11.4. The van der Waals surface area contributed by atoms with Crippen LogP contribution in [-0.4, -0.2) is 13.0 Å². The summed E-state index contributed by atoms with van der Waals surface area (Å²) in [5, 5.41) is 2.82. The van der Waals surface area contributed by atoms with Crippen LogP contribution in [0, 0.1) is 0 Å². The Bertz CT molecular complexity index is 570. The SMILES string of the molecule is COc1cccc(NC(=O)CC(N)c2ccccc2)c1. The fourth-order valence-corrected chi connectivity index (χ4v) is 1.93. The van der Waals surface area contributed by atoms with Gasteiger partial charge in [-0.05, 0) is 17.7 Å². The summed E-state index contributed by atoms with van der Waals surface area (Å²) < 4.78 is 5.11. The Hall–Kier alpha value is -2.33. The van der Waals surface area contributed by atoms with Crippen LogP contribution in [0.4, 0.5) is 5.69 Å². The number of anilines is 1. The molecule has 0 saturated carbocycles. The van der Waals surface area contributed by atoms with Gasteiger partial charge in [-0.1, -0.05) is 36.4 Å². The van der Waals surface area contributed by atoms with E-state index in [1.165, 1.54) is 0 Å². The quantitative estimate of drug-likeness (QED) is 0.878. The van der Waals surface area contributed by atoms with Crippen LogP contribution in [0.15, 0.2) is 54.6 Å². The Morgan fingerprint density at radius 2 is 1.95 bits per heavy atom. The molecule has 2 aromatic carbocycles. The van der Waals surface area contributed by atoms with Gasteiger partial charge in [-0.3, -0.25) is 4.79 Å². The van der Waals surface area contributed by atoms with Crippen molar-refractivity contribution in [2.45, 2.75) is 12.5 Å². The molecule has 1 unspecified atom stereocenters. The highest BCUT2D eigenvalue weighted by Gasteiger charge is 2.11. The number of hydrogen-bond acceptors (Lipinski definition) is 3.